The van der Waals surface area contributed by atoms with Gasteiger partial charge in [0.15, 0.2) is 11.6 Å². The Hall–Kier alpha value is -1.88. The topological polar surface area (TPSA) is 49.8 Å². The Morgan fingerprint density at radius 2 is 2.00 bits per heavy atom. The Morgan fingerprint density at radius 1 is 1.26 bits per heavy atom. The van der Waals surface area contributed by atoms with Gasteiger partial charge in [0.2, 0.25) is 5.95 Å². The molecule has 1 aromatic carbocycles. The van der Waals surface area contributed by atoms with Gasteiger partial charge in [-0.1, -0.05) is 18.5 Å². The zero-order valence-corrected chi connectivity index (χ0v) is 11.2. The fraction of sp³-hybridized carbons (Fsp3) is 0.231. The fourth-order valence-electron chi connectivity index (χ4n) is 1.45. The number of rotatable bonds is 5. The van der Waals surface area contributed by atoms with Crippen LogP contribution in [0.3, 0.4) is 0 Å². The number of nitrogens with one attached hydrogen (secondary N) is 2. The maximum atomic E-state index is 13.6. The van der Waals surface area contributed by atoms with E-state index in [4.69, 9.17) is 11.6 Å². The highest BCUT2D eigenvalue weighted by molar-refractivity contribution is 6.30. The van der Waals surface area contributed by atoms with Gasteiger partial charge in [-0.2, -0.15) is 4.98 Å². The van der Waals surface area contributed by atoms with E-state index in [1.165, 1.54) is 0 Å². The highest BCUT2D eigenvalue weighted by atomic mass is 35.5. The smallest absolute Gasteiger partial charge is 0.224 e. The molecule has 2 N–H and O–H groups in total. The van der Waals surface area contributed by atoms with Crippen LogP contribution in [0.25, 0.3) is 0 Å². The first-order valence-electron chi connectivity index (χ1n) is 5.98. The molecule has 0 atom stereocenters. The molecular weight excluding hydrogens is 267 g/mol. The van der Waals surface area contributed by atoms with E-state index in [9.17, 15) is 4.39 Å². The van der Waals surface area contributed by atoms with Crippen molar-refractivity contribution < 1.29 is 4.39 Å². The van der Waals surface area contributed by atoms with Gasteiger partial charge in [0.25, 0.3) is 0 Å². The average molecular weight is 281 g/mol. The highest BCUT2D eigenvalue weighted by Crippen LogP contribution is 2.20. The van der Waals surface area contributed by atoms with Crippen molar-refractivity contribution in [1.82, 2.24) is 9.97 Å². The van der Waals surface area contributed by atoms with Crippen LogP contribution in [0.5, 0.6) is 0 Å². The summed E-state index contributed by atoms with van der Waals surface area (Å²) < 4.78 is 13.6. The second kappa shape index (κ2) is 6.33. The predicted octanol–water partition coefficient (Wildman–Crippen LogP) is 3.83. The molecule has 0 bridgehead atoms. The summed E-state index contributed by atoms with van der Waals surface area (Å²) in [7, 11) is 0. The van der Waals surface area contributed by atoms with E-state index in [0.29, 0.717) is 16.7 Å². The summed E-state index contributed by atoms with van der Waals surface area (Å²) in [5.41, 5.74) is 0.712. The van der Waals surface area contributed by atoms with Gasteiger partial charge in [-0.15, -0.1) is 0 Å². The first kappa shape index (κ1) is 13.5. The lowest BCUT2D eigenvalue weighted by molar-refractivity contribution is 0.619. The van der Waals surface area contributed by atoms with Crippen LogP contribution >= 0.6 is 11.6 Å². The minimum absolute atomic E-state index is 0.135. The summed E-state index contributed by atoms with van der Waals surface area (Å²) in [6.45, 7) is 2.77. The molecule has 0 aliphatic heterocycles. The van der Waals surface area contributed by atoms with Crippen molar-refractivity contribution in [3.05, 3.63) is 41.3 Å². The molecule has 2 aromatic rings. The summed E-state index contributed by atoms with van der Waals surface area (Å²) in [4.78, 5) is 7.96. The predicted molar refractivity (Wildman–Crippen MR) is 75.5 cm³/mol. The molecule has 1 heterocycles. The molecule has 0 fully saturated rings. The minimum Gasteiger partial charge on any atom is -0.354 e. The Kier molecular flexibility index (Phi) is 4.52. The Morgan fingerprint density at radius 3 is 2.68 bits per heavy atom. The highest BCUT2D eigenvalue weighted by Gasteiger charge is 2.07. The summed E-state index contributed by atoms with van der Waals surface area (Å²) in [6, 6.07) is 6.95. The number of nitrogens with zero attached hydrogens (tertiary/aromatic N) is 2. The first-order chi connectivity index (χ1) is 9.19. The number of anilines is 3. The van der Waals surface area contributed by atoms with Gasteiger partial charge in [0.05, 0.1) is 6.20 Å². The summed E-state index contributed by atoms with van der Waals surface area (Å²) >= 11 is 5.79. The van der Waals surface area contributed by atoms with E-state index in [1.54, 1.807) is 24.3 Å². The molecule has 4 nitrogen and oxygen atoms in total. The van der Waals surface area contributed by atoms with Crippen molar-refractivity contribution in [2.24, 2.45) is 0 Å². The van der Waals surface area contributed by atoms with Crippen molar-refractivity contribution in [2.75, 3.05) is 17.2 Å². The lowest BCUT2D eigenvalue weighted by Crippen LogP contribution is -2.07. The SMILES string of the molecule is CCCNc1ncc(F)c(Nc2ccc(Cl)cc2)n1. The first-order valence-corrected chi connectivity index (χ1v) is 6.36. The molecule has 19 heavy (non-hydrogen) atoms. The molecule has 0 saturated carbocycles. The molecule has 0 unspecified atom stereocenters. The van der Waals surface area contributed by atoms with Crippen LogP contribution in [0.4, 0.5) is 21.8 Å². The average Bonchev–Trinajstić information content (AvgIpc) is 2.42. The minimum atomic E-state index is -0.503. The van der Waals surface area contributed by atoms with Crippen molar-refractivity contribution >= 4 is 29.1 Å². The number of hydrogen-bond donors (Lipinski definition) is 2. The maximum absolute atomic E-state index is 13.6. The third-order valence-corrected chi connectivity index (χ3v) is 2.64. The van der Waals surface area contributed by atoms with Crippen LogP contribution in [-0.2, 0) is 0 Å². The second-order valence-corrected chi connectivity index (χ2v) is 4.39. The number of aromatic nitrogens is 2. The molecule has 0 saturated heterocycles. The molecule has 0 aliphatic carbocycles. The van der Waals surface area contributed by atoms with Gasteiger partial charge in [-0.25, -0.2) is 9.37 Å². The molecular formula is C13H14ClFN4. The van der Waals surface area contributed by atoms with Crippen molar-refractivity contribution in [1.29, 1.82) is 0 Å². The van der Waals surface area contributed by atoms with Crippen molar-refractivity contribution in [3.8, 4) is 0 Å². The third kappa shape index (κ3) is 3.79. The van der Waals surface area contributed by atoms with Crippen molar-refractivity contribution in [2.45, 2.75) is 13.3 Å². The van der Waals surface area contributed by atoms with Gasteiger partial charge < -0.3 is 10.6 Å². The van der Waals surface area contributed by atoms with Gasteiger partial charge in [0, 0.05) is 17.3 Å². The number of halogens is 2. The molecule has 1 aromatic heterocycles. The van der Waals surface area contributed by atoms with E-state index in [2.05, 4.69) is 20.6 Å². The molecule has 100 valence electrons. The Labute approximate surface area is 116 Å². The van der Waals surface area contributed by atoms with Crippen LogP contribution in [0, 0.1) is 5.82 Å². The van der Waals surface area contributed by atoms with Crippen LogP contribution in [0.15, 0.2) is 30.5 Å². The number of hydrogen-bond acceptors (Lipinski definition) is 4. The van der Waals surface area contributed by atoms with E-state index < -0.39 is 5.82 Å². The maximum Gasteiger partial charge on any atom is 0.224 e. The lowest BCUT2D eigenvalue weighted by Gasteiger charge is -2.09. The van der Waals surface area contributed by atoms with Crippen LogP contribution in [0.2, 0.25) is 5.02 Å². The summed E-state index contributed by atoms with van der Waals surface area (Å²) in [5.74, 6) is 0.0348. The molecule has 0 amide bonds. The Bertz CT molecular complexity index is 545. The molecule has 0 radical (unpaired) electrons. The summed E-state index contributed by atoms with van der Waals surface area (Å²) in [5, 5.41) is 6.52. The van der Waals surface area contributed by atoms with Gasteiger partial charge in [0.1, 0.15) is 0 Å². The summed E-state index contributed by atoms with van der Waals surface area (Å²) in [6.07, 6.45) is 2.09. The zero-order chi connectivity index (χ0) is 13.7. The molecule has 6 heteroatoms. The fourth-order valence-corrected chi connectivity index (χ4v) is 1.57. The van der Waals surface area contributed by atoms with Crippen LogP contribution in [-0.4, -0.2) is 16.5 Å². The largest absolute Gasteiger partial charge is 0.354 e. The van der Waals surface area contributed by atoms with Crippen LogP contribution in [0.1, 0.15) is 13.3 Å². The monoisotopic (exact) mass is 280 g/mol. The lowest BCUT2D eigenvalue weighted by atomic mass is 10.3. The van der Waals surface area contributed by atoms with E-state index in [1.807, 2.05) is 6.92 Å². The van der Waals surface area contributed by atoms with E-state index in [-0.39, 0.29) is 5.82 Å². The molecule has 0 aliphatic rings. The normalized spacial score (nSPS) is 10.3. The molecule has 2 rings (SSSR count). The number of benzene rings is 1. The van der Waals surface area contributed by atoms with E-state index in [0.717, 1.165) is 19.2 Å². The van der Waals surface area contributed by atoms with Gasteiger partial charge in [-0.3, -0.25) is 0 Å². The third-order valence-electron chi connectivity index (χ3n) is 2.38. The van der Waals surface area contributed by atoms with Gasteiger partial charge in [-0.05, 0) is 30.7 Å². The standard InChI is InChI=1S/C13H14ClFN4/c1-2-7-16-13-17-8-11(15)12(19-13)18-10-5-3-9(14)4-6-10/h3-6,8H,2,7H2,1H3,(H2,16,17,18,19). The van der Waals surface area contributed by atoms with Gasteiger partial charge >= 0.3 is 0 Å². The van der Waals surface area contributed by atoms with E-state index >= 15 is 0 Å². The van der Waals surface area contributed by atoms with Crippen LogP contribution < -0.4 is 10.6 Å². The molecule has 0 spiro atoms. The second-order valence-electron chi connectivity index (χ2n) is 3.95. The van der Waals surface area contributed by atoms with Crippen molar-refractivity contribution in [3.63, 3.8) is 0 Å². The Balaban J connectivity index is 2.16. The zero-order valence-electron chi connectivity index (χ0n) is 10.5. The quantitative estimate of drug-likeness (QED) is 0.874.